The van der Waals surface area contributed by atoms with Crippen LogP contribution in [0, 0.1) is 5.92 Å². The fraction of sp³-hybridized carbons (Fsp3) is 0.562. The first kappa shape index (κ1) is 16.0. The standard InChI is InChI=1S/C16H25N3OS/c1-3-12-6-5-10-19(11-9-12)13-7-4-8-14(21-2)15(13)16(17)18-20/h4,7-8,12,20H,3,5-6,9-11H2,1-2H3,(H2,17,18). The van der Waals surface area contributed by atoms with Gasteiger partial charge >= 0.3 is 0 Å². The maximum absolute atomic E-state index is 9.10. The molecule has 1 aliphatic rings. The van der Waals surface area contributed by atoms with Crippen LogP contribution in [0.3, 0.4) is 0 Å². The van der Waals surface area contributed by atoms with Gasteiger partial charge in [-0.2, -0.15) is 0 Å². The SMILES string of the molecule is CCC1CCCN(c2cccc(SC)c2/C(N)=N/O)CC1. The molecule has 1 unspecified atom stereocenters. The minimum Gasteiger partial charge on any atom is -0.409 e. The highest BCUT2D eigenvalue weighted by Crippen LogP contribution is 2.32. The Labute approximate surface area is 131 Å². The zero-order valence-electron chi connectivity index (χ0n) is 12.9. The number of amidine groups is 1. The van der Waals surface area contributed by atoms with Crippen LogP contribution in [-0.4, -0.2) is 30.4 Å². The Hall–Kier alpha value is -1.36. The number of oxime groups is 1. The van der Waals surface area contributed by atoms with E-state index in [1.54, 1.807) is 11.8 Å². The van der Waals surface area contributed by atoms with E-state index in [2.05, 4.69) is 29.1 Å². The Bertz CT molecular complexity index is 504. The quantitative estimate of drug-likeness (QED) is 0.294. The smallest absolute Gasteiger partial charge is 0.173 e. The van der Waals surface area contributed by atoms with Gasteiger partial charge in [0.2, 0.25) is 0 Å². The molecule has 0 amide bonds. The molecule has 2 rings (SSSR count). The number of thioether (sulfide) groups is 1. The van der Waals surface area contributed by atoms with Crippen LogP contribution in [0.1, 0.15) is 38.2 Å². The first-order valence-corrected chi connectivity index (χ1v) is 8.83. The van der Waals surface area contributed by atoms with Gasteiger partial charge in [-0.3, -0.25) is 0 Å². The van der Waals surface area contributed by atoms with E-state index in [9.17, 15) is 0 Å². The van der Waals surface area contributed by atoms with Gasteiger partial charge in [-0.25, -0.2) is 0 Å². The van der Waals surface area contributed by atoms with E-state index in [0.717, 1.165) is 35.2 Å². The molecule has 1 aliphatic heterocycles. The molecule has 1 aromatic rings. The average molecular weight is 307 g/mol. The average Bonchev–Trinajstić information content (AvgIpc) is 2.78. The fourth-order valence-electron chi connectivity index (χ4n) is 3.08. The molecule has 1 heterocycles. The van der Waals surface area contributed by atoms with E-state index in [0.29, 0.717) is 0 Å². The summed E-state index contributed by atoms with van der Waals surface area (Å²) in [5.41, 5.74) is 7.89. The predicted molar refractivity (Wildman–Crippen MR) is 90.6 cm³/mol. The van der Waals surface area contributed by atoms with Crippen molar-refractivity contribution in [2.24, 2.45) is 16.8 Å². The van der Waals surface area contributed by atoms with Crippen molar-refractivity contribution in [3.05, 3.63) is 23.8 Å². The van der Waals surface area contributed by atoms with Crippen LogP contribution < -0.4 is 10.6 Å². The van der Waals surface area contributed by atoms with Crippen LogP contribution in [0.5, 0.6) is 0 Å². The van der Waals surface area contributed by atoms with Gasteiger partial charge in [0.05, 0.1) is 5.56 Å². The van der Waals surface area contributed by atoms with Crippen molar-refractivity contribution in [1.82, 2.24) is 0 Å². The monoisotopic (exact) mass is 307 g/mol. The molecule has 1 fully saturated rings. The van der Waals surface area contributed by atoms with Crippen molar-refractivity contribution in [1.29, 1.82) is 0 Å². The van der Waals surface area contributed by atoms with Crippen molar-refractivity contribution in [3.8, 4) is 0 Å². The Balaban J connectivity index is 2.34. The number of nitrogens with zero attached hydrogens (tertiary/aromatic N) is 2. The molecule has 3 N–H and O–H groups in total. The Morgan fingerprint density at radius 1 is 1.43 bits per heavy atom. The number of anilines is 1. The first-order chi connectivity index (χ1) is 10.2. The summed E-state index contributed by atoms with van der Waals surface area (Å²) in [7, 11) is 0. The van der Waals surface area contributed by atoms with Gasteiger partial charge < -0.3 is 15.8 Å². The van der Waals surface area contributed by atoms with E-state index in [1.807, 2.05) is 12.3 Å². The summed E-state index contributed by atoms with van der Waals surface area (Å²) < 4.78 is 0. The molecular formula is C16H25N3OS. The van der Waals surface area contributed by atoms with E-state index in [-0.39, 0.29) is 5.84 Å². The summed E-state index contributed by atoms with van der Waals surface area (Å²) in [5, 5.41) is 12.3. The zero-order chi connectivity index (χ0) is 15.2. The number of rotatable bonds is 4. The summed E-state index contributed by atoms with van der Waals surface area (Å²) >= 11 is 1.63. The molecule has 4 nitrogen and oxygen atoms in total. The first-order valence-electron chi connectivity index (χ1n) is 7.61. The van der Waals surface area contributed by atoms with Crippen LogP contribution in [-0.2, 0) is 0 Å². The Kier molecular flexibility index (Phi) is 5.79. The molecular weight excluding hydrogens is 282 g/mol. The van der Waals surface area contributed by atoms with Gasteiger partial charge in [0, 0.05) is 23.7 Å². The molecule has 21 heavy (non-hydrogen) atoms. The summed E-state index contributed by atoms with van der Waals surface area (Å²) in [6.07, 6.45) is 7.00. The van der Waals surface area contributed by atoms with Crippen LogP contribution in [0.25, 0.3) is 0 Å². The predicted octanol–water partition coefficient (Wildman–Crippen LogP) is 3.52. The molecule has 5 heteroatoms. The lowest BCUT2D eigenvalue weighted by molar-refractivity contribution is 0.318. The molecule has 0 aliphatic carbocycles. The number of hydrogen-bond donors (Lipinski definition) is 2. The third-order valence-corrected chi connectivity index (χ3v) is 5.13. The van der Waals surface area contributed by atoms with E-state index in [4.69, 9.17) is 10.9 Å². The van der Waals surface area contributed by atoms with Gasteiger partial charge in [0.25, 0.3) is 0 Å². The lowest BCUT2D eigenvalue weighted by Gasteiger charge is -2.26. The molecule has 0 aromatic heterocycles. The molecule has 0 radical (unpaired) electrons. The fourth-order valence-corrected chi connectivity index (χ4v) is 3.70. The van der Waals surface area contributed by atoms with Gasteiger partial charge in [0.1, 0.15) is 0 Å². The summed E-state index contributed by atoms with van der Waals surface area (Å²) in [6, 6.07) is 6.16. The van der Waals surface area contributed by atoms with Crippen molar-refractivity contribution in [2.75, 3.05) is 24.2 Å². The summed E-state index contributed by atoms with van der Waals surface area (Å²) in [4.78, 5) is 3.45. The second kappa shape index (κ2) is 7.59. The van der Waals surface area contributed by atoms with Gasteiger partial charge in [-0.1, -0.05) is 24.6 Å². The van der Waals surface area contributed by atoms with Crippen LogP contribution >= 0.6 is 11.8 Å². The Morgan fingerprint density at radius 3 is 2.90 bits per heavy atom. The molecule has 1 saturated heterocycles. The topological polar surface area (TPSA) is 61.8 Å². The summed E-state index contributed by atoms with van der Waals surface area (Å²) in [6.45, 7) is 4.36. The highest BCUT2D eigenvalue weighted by molar-refractivity contribution is 7.98. The maximum atomic E-state index is 9.10. The second-order valence-corrected chi connectivity index (χ2v) is 6.38. The maximum Gasteiger partial charge on any atom is 0.173 e. The number of nitrogens with two attached hydrogens (primary N) is 1. The van der Waals surface area contributed by atoms with Crippen LogP contribution in [0.4, 0.5) is 5.69 Å². The Morgan fingerprint density at radius 2 is 2.24 bits per heavy atom. The van der Waals surface area contributed by atoms with Crippen LogP contribution in [0.15, 0.2) is 28.3 Å². The minimum atomic E-state index is 0.200. The minimum absolute atomic E-state index is 0.200. The highest BCUT2D eigenvalue weighted by atomic mass is 32.2. The normalized spacial score (nSPS) is 20.4. The van der Waals surface area contributed by atoms with Crippen molar-refractivity contribution in [2.45, 2.75) is 37.5 Å². The van der Waals surface area contributed by atoms with Crippen molar-refractivity contribution in [3.63, 3.8) is 0 Å². The number of benzene rings is 1. The molecule has 1 atom stereocenters. The van der Waals surface area contributed by atoms with Gasteiger partial charge in [-0.05, 0) is 43.6 Å². The second-order valence-electron chi connectivity index (χ2n) is 5.53. The van der Waals surface area contributed by atoms with E-state index >= 15 is 0 Å². The molecule has 0 saturated carbocycles. The molecule has 0 spiro atoms. The summed E-state index contributed by atoms with van der Waals surface area (Å²) in [5.74, 6) is 1.03. The highest BCUT2D eigenvalue weighted by Gasteiger charge is 2.21. The molecule has 116 valence electrons. The lowest BCUT2D eigenvalue weighted by atomic mass is 9.98. The zero-order valence-corrected chi connectivity index (χ0v) is 13.7. The number of hydrogen-bond acceptors (Lipinski definition) is 4. The third kappa shape index (κ3) is 3.64. The lowest BCUT2D eigenvalue weighted by Crippen LogP contribution is -2.28. The van der Waals surface area contributed by atoms with Crippen molar-refractivity contribution >= 4 is 23.3 Å². The third-order valence-electron chi connectivity index (χ3n) is 4.35. The van der Waals surface area contributed by atoms with Gasteiger partial charge in [0.15, 0.2) is 5.84 Å². The van der Waals surface area contributed by atoms with E-state index in [1.165, 1.54) is 25.7 Å². The van der Waals surface area contributed by atoms with E-state index < -0.39 is 0 Å². The molecule has 1 aromatic carbocycles. The van der Waals surface area contributed by atoms with Gasteiger partial charge in [-0.15, -0.1) is 11.8 Å². The van der Waals surface area contributed by atoms with Crippen molar-refractivity contribution < 1.29 is 5.21 Å². The molecule has 0 bridgehead atoms. The van der Waals surface area contributed by atoms with Crippen LogP contribution in [0.2, 0.25) is 0 Å². The largest absolute Gasteiger partial charge is 0.409 e.